The Bertz CT molecular complexity index is 244. The van der Waals surface area contributed by atoms with Crippen molar-refractivity contribution in [3.8, 4) is 0 Å². The summed E-state index contributed by atoms with van der Waals surface area (Å²) in [4.78, 5) is 15.4. The third-order valence-electron chi connectivity index (χ3n) is 3.90. The molecule has 114 valence electrons. The van der Waals surface area contributed by atoms with Gasteiger partial charge in [0, 0.05) is 6.04 Å². The molecule has 0 unspecified atom stereocenters. The first kappa shape index (κ1) is 18.7. The molecule has 19 heavy (non-hydrogen) atoms. The molecular weight excluding hydrogens is 264 g/mol. The van der Waals surface area contributed by atoms with Crippen molar-refractivity contribution in [2.45, 2.75) is 52.0 Å². The highest BCUT2D eigenvalue weighted by atomic mass is 35.5. The van der Waals surface area contributed by atoms with Crippen molar-refractivity contribution >= 4 is 18.4 Å². The van der Waals surface area contributed by atoms with E-state index in [1.54, 1.807) is 0 Å². The first-order chi connectivity index (χ1) is 8.67. The summed E-state index contributed by atoms with van der Waals surface area (Å²) in [6.45, 7) is 8.79. The molecule has 1 saturated heterocycles. The molecule has 0 amide bonds. The number of aliphatic carboxylic acids is 1. The van der Waals surface area contributed by atoms with Gasteiger partial charge in [-0.05, 0) is 45.4 Å². The standard InChI is InChI=1S/C14H28N2O2.ClH/c1-3-5-6-9-15-10-7-13(8-11-15)16(4-2)12-14(17)18;/h13H,3-12H2,1-2H3,(H,17,18);1H. The fraction of sp³-hybridized carbons (Fsp3) is 0.929. The van der Waals surface area contributed by atoms with Crippen LogP contribution in [0.15, 0.2) is 0 Å². The zero-order valence-corrected chi connectivity index (χ0v) is 13.1. The Hall–Kier alpha value is -0.320. The van der Waals surface area contributed by atoms with Crippen LogP contribution >= 0.6 is 12.4 Å². The molecular formula is C14H29ClN2O2. The minimum absolute atomic E-state index is 0. The summed E-state index contributed by atoms with van der Waals surface area (Å²) in [5.74, 6) is -0.706. The monoisotopic (exact) mass is 292 g/mol. The van der Waals surface area contributed by atoms with E-state index in [1.807, 2.05) is 0 Å². The highest BCUT2D eigenvalue weighted by Gasteiger charge is 2.24. The third kappa shape index (κ3) is 7.14. The molecule has 1 aliphatic rings. The molecule has 0 bridgehead atoms. The predicted octanol–water partition coefficient (Wildman–Crippen LogP) is 2.47. The SMILES string of the molecule is CCCCCN1CCC(N(CC)CC(=O)O)CC1.Cl. The number of likely N-dealkylation sites (tertiary alicyclic amines) is 1. The van der Waals surface area contributed by atoms with Crippen molar-refractivity contribution in [3.63, 3.8) is 0 Å². The highest BCUT2D eigenvalue weighted by molar-refractivity contribution is 5.85. The summed E-state index contributed by atoms with van der Waals surface area (Å²) in [6, 6.07) is 0.466. The Labute approximate surface area is 123 Å². The first-order valence-corrected chi connectivity index (χ1v) is 7.35. The van der Waals surface area contributed by atoms with Gasteiger partial charge in [-0.2, -0.15) is 0 Å². The van der Waals surface area contributed by atoms with Crippen LogP contribution in [0.25, 0.3) is 0 Å². The van der Waals surface area contributed by atoms with Crippen molar-refractivity contribution in [2.24, 2.45) is 0 Å². The molecule has 1 aliphatic heterocycles. The number of carboxylic acid groups (broad SMARTS) is 1. The fourth-order valence-corrected chi connectivity index (χ4v) is 2.77. The van der Waals surface area contributed by atoms with Crippen molar-refractivity contribution in [3.05, 3.63) is 0 Å². The van der Waals surface area contributed by atoms with Gasteiger partial charge in [0.05, 0.1) is 6.54 Å². The number of halogens is 1. The lowest BCUT2D eigenvalue weighted by molar-refractivity contribution is -0.139. The summed E-state index contributed by atoms with van der Waals surface area (Å²) in [6.07, 6.45) is 6.13. The molecule has 0 aromatic carbocycles. The Morgan fingerprint density at radius 3 is 2.37 bits per heavy atom. The van der Waals surface area contributed by atoms with Gasteiger partial charge < -0.3 is 10.0 Å². The highest BCUT2D eigenvalue weighted by Crippen LogP contribution is 2.16. The minimum atomic E-state index is -0.706. The molecule has 1 heterocycles. The van der Waals surface area contributed by atoms with Gasteiger partial charge in [-0.25, -0.2) is 0 Å². The van der Waals surface area contributed by atoms with Gasteiger partial charge in [0.2, 0.25) is 0 Å². The van der Waals surface area contributed by atoms with Crippen LogP contribution in [-0.4, -0.2) is 59.6 Å². The lowest BCUT2D eigenvalue weighted by Gasteiger charge is -2.37. The van der Waals surface area contributed by atoms with Gasteiger partial charge in [0.25, 0.3) is 0 Å². The molecule has 0 aliphatic carbocycles. The molecule has 1 N–H and O–H groups in total. The van der Waals surface area contributed by atoms with E-state index in [4.69, 9.17) is 5.11 Å². The molecule has 1 fully saturated rings. The van der Waals surface area contributed by atoms with Gasteiger partial charge >= 0.3 is 5.97 Å². The third-order valence-corrected chi connectivity index (χ3v) is 3.90. The van der Waals surface area contributed by atoms with Crippen molar-refractivity contribution in [1.29, 1.82) is 0 Å². The van der Waals surface area contributed by atoms with Crippen molar-refractivity contribution in [1.82, 2.24) is 9.80 Å². The van der Waals surface area contributed by atoms with Gasteiger partial charge in [-0.3, -0.25) is 9.69 Å². The Balaban J connectivity index is 0.00000324. The summed E-state index contributed by atoms with van der Waals surface area (Å²) in [5.41, 5.74) is 0. The molecule has 0 atom stereocenters. The van der Waals surface area contributed by atoms with Gasteiger partial charge in [0.1, 0.15) is 0 Å². The molecule has 0 saturated carbocycles. The Morgan fingerprint density at radius 2 is 1.89 bits per heavy atom. The second-order valence-corrected chi connectivity index (χ2v) is 5.24. The molecule has 0 aromatic heterocycles. The quantitative estimate of drug-likeness (QED) is 0.698. The maximum absolute atomic E-state index is 10.8. The maximum Gasteiger partial charge on any atom is 0.317 e. The van der Waals surface area contributed by atoms with Gasteiger partial charge in [0.15, 0.2) is 0 Å². The van der Waals surface area contributed by atoms with E-state index < -0.39 is 5.97 Å². The van der Waals surface area contributed by atoms with Crippen LogP contribution in [-0.2, 0) is 4.79 Å². The van der Waals surface area contributed by atoms with E-state index in [0.29, 0.717) is 6.04 Å². The zero-order chi connectivity index (χ0) is 13.4. The number of carbonyl (C=O) groups is 1. The van der Waals surface area contributed by atoms with Crippen molar-refractivity contribution < 1.29 is 9.90 Å². The predicted molar refractivity (Wildman–Crippen MR) is 81.1 cm³/mol. The van der Waals surface area contributed by atoms with Gasteiger partial charge in [-0.1, -0.05) is 26.7 Å². The van der Waals surface area contributed by atoms with E-state index in [9.17, 15) is 4.79 Å². The van der Waals surface area contributed by atoms with Crippen LogP contribution in [0.4, 0.5) is 0 Å². The van der Waals surface area contributed by atoms with Crippen LogP contribution in [0.1, 0.15) is 46.0 Å². The van der Waals surface area contributed by atoms with Crippen molar-refractivity contribution in [2.75, 3.05) is 32.7 Å². The Kier molecular flexibility index (Phi) is 10.3. The molecule has 0 spiro atoms. The van der Waals surface area contributed by atoms with E-state index in [1.165, 1.54) is 25.8 Å². The van der Waals surface area contributed by atoms with Gasteiger partial charge in [-0.15, -0.1) is 12.4 Å². The number of carboxylic acids is 1. The molecule has 5 heteroatoms. The van der Waals surface area contributed by atoms with Crippen LogP contribution in [0.3, 0.4) is 0 Å². The largest absolute Gasteiger partial charge is 0.480 e. The second-order valence-electron chi connectivity index (χ2n) is 5.24. The number of piperidine rings is 1. The second kappa shape index (κ2) is 10.5. The first-order valence-electron chi connectivity index (χ1n) is 7.35. The number of hydrogen-bond donors (Lipinski definition) is 1. The topological polar surface area (TPSA) is 43.8 Å². The lowest BCUT2D eigenvalue weighted by Crippen LogP contribution is -2.46. The molecule has 4 nitrogen and oxygen atoms in total. The fourth-order valence-electron chi connectivity index (χ4n) is 2.77. The average molecular weight is 293 g/mol. The summed E-state index contributed by atoms with van der Waals surface area (Å²) in [7, 11) is 0. The summed E-state index contributed by atoms with van der Waals surface area (Å²) < 4.78 is 0. The lowest BCUT2D eigenvalue weighted by atomic mass is 10.0. The van der Waals surface area contributed by atoms with Crippen LogP contribution < -0.4 is 0 Å². The molecule has 1 rings (SSSR count). The summed E-state index contributed by atoms with van der Waals surface area (Å²) in [5, 5.41) is 8.89. The number of nitrogens with zero attached hydrogens (tertiary/aromatic N) is 2. The number of rotatable bonds is 8. The van der Waals surface area contributed by atoms with Crippen LogP contribution in [0.2, 0.25) is 0 Å². The van der Waals surface area contributed by atoms with Crippen LogP contribution in [0, 0.1) is 0 Å². The molecule has 0 aromatic rings. The average Bonchev–Trinajstić information content (AvgIpc) is 2.37. The normalized spacial score (nSPS) is 17.4. The van der Waals surface area contributed by atoms with Crippen LogP contribution in [0.5, 0.6) is 0 Å². The molecule has 0 radical (unpaired) electrons. The number of unbranched alkanes of at least 4 members (excludes halogenated alkanes) is 2. The smallest absolute Gasteiger partial charge is 0.317 e. The number of hydrogen-bond acceptors (Lipinski definition) is 3. The summed E-state index contributed by atoms with van der Waals surface area (Å²) >= 11 is 0. The van der Waals surface area contributed by atoms with E-state index in [-0.39, 0.29) is 19.0 Å². The zero-order valence-electron chi connectivity index (χ0n) is 12.3. The van der Waals surface area contributed by atoms with E-state index in [0.717, 1.165) is 32.5 Å². The minimum Gasteiger partial charge on any atom is -0.480 e. The van der Waals surface area contributed by atoms with E-state index in [2.05, 4.69) is 23.6 Å². The Morgan fingerprint density at radius 1 is 1.26 bits per heavy atom. The maximum atomic E-state index is 10.8. The number of likely N-dealkylation sites (N-methyl/N-ethyl adjacent to an activating group) is 1. The van der Waals surface area contributed by atoms with E-state index >= 15 is 0 Å².